The van der Waals surface area contributed by atoms with Crippen LogP contribution in [0.5, 0.6) is 5.75 Å². The van der Waals surface area contributed by atoms with E-state index in [4.69, 9.17) is 14.5 Å². The summed E-state index contributed by atoms with van der Waals surface area (Å²) in [5.74, 6) is -0.147. The van der Waals surface area contributed by atoms with Crippen molar-refractivity contribution in [2.45, 2.75) is 0 Å². The van der Waals surface area contributed by atoms with Crippen LogP contribution in [0.25, 0.3) is 22.2 Å². The number of benzene rings is 2. The van der Waals surface area contributed by atoms with E-state index in [0.717, 1.165) is 28.7 Å². The van der Waals surface area contributed by atoms with Crippen molar-refractivity contribution in [3.05, 3.63) is 67.0 Å². The third kappa shape index (κ3) is 6.30. The number of aryl methyl sites for hydroxylation is 1. The van der Waals surface area contributed by atoms with Crippen molar-refractivity contribution in [2.75, 3.05) is 64.0 Å². The van der Waals surface area contributed by atoms with E-state index in [-0.39, 0.29) is 17.4 Å². The molecule has 0 radical (unpaired) electrons. The van der Waals surface area contributed by atoms with E-state index in [1.165, 1.54) is 19.4 Å². The van der Waals surface area contributed by atoms with Gasteiger partial charge in [-0.25, -0.2) is 14.8 Å². The molecule has 0 saturated carbocycles. The first kappa shape index (κ1) is 29.1. The van der Waals surface area contributed by atoms with Crippen LogP contribution >= 0.6 is 0 Å². The van der Waals surface area contributed by atoms with Gasteiger partial charge in [-0.05, 0) is 32.3 Å². The summed E-state index contributed by atoms with van der Waals surface area (Å²) in [5, 5.41) is 7.03. The van der Waals surface area contributed by atoms with Crippen LogP contribution in [0.3, 0.4) is 0 Å². The molecule has 11 heteroatoms. The average molecular weight is 558 g/mol. The second-order valence-electron chi connectivity index (χ2n) is 9.73. The fourth-order valence-corrected chi connectivity index (χ4v) is 4.46. The van der Waals surface area contributed by atoms with Crippen LogP contribution in [-0.2, 0) is 16.6 Å². The SMILES string of the molecule is C=CC(=O)Nc1cc(Nc2ncc(C(=O)OC)c(-c3cn(C)c4ccccc34)n2)c(OC)cc1N(C)CCN(C)C. The molecule has 41 heavy (non-hydrogen) atoms. The molecule has 214 valence electrons. The van der Waals surface area contributed by atoms with Gasteiger partial charge in [0.05, 0.1) is 37.0 Å². The molecular formula is C30H35N7O4. The van der Waals surface area contributed by atoms with Crippen molar-refractivity contribution in [3.8, 4) is 17.0 Å². The summed E-state index contributed by atoms with van der Waals surface area (Å²) in [6.45, 7) is 5.10. The predicted molar refractivity (Wildman–Crippen MR) is 162 cm³/mol. The Morgan fingerprint density at radius 2 is 1.85 bits per heavy atom. The van der Waals surface area contributed by atoms with E-state index in [1.807, 2.05) is 74.2 Å². The number of likely N-dealkylation sites (N-methyl/N-ethyl adjacent to an activating group) is 2. The Morgan fingerprint density at radius 3 is 2.54 bits per heavy atom. The number of amides is 1. The van der Waals surface area contributed by atoms with Gasteiger partial charge in [0, 0.05) is 62.1 Å². The quantitative estimate of drug-likeness (QED) is 0.206. The van der Waals surface area contributed by atoms with Gasteiger partial charge in [-0.15, -0.1) is 0 Å². The van der Waals surface area contributed by atoms with Crippen molar-refractivity contribution >= 4 is 45.8 Å². The van der Waals surface area contributed by atoms with Gasteiger partial charge < -0.3 is 34.5 Å². The summed E-state index contributed by atoms with van der Waals surface area (Å²) in [6.07, 6.45) is 4.58. The van der Waals surface area contributed by atoms with Crippen LogP contribution in [0.1, 0.15) is 10.4 Å². The summed E-state index contributed by atoms with van der Waals surface area (Å²) in [6, 6.07) is 11.5. The fourth-order valence-electron chi connectivity index (χ4n) is 4.46. The normalized spacial score (nSPS) is 10.9. The van der Waals surface area contributed by atoms with E-state index in [1.54, 1.807) is 13.2 Å². The van der Waals surface area contributed by atoms with Crippen molar-refractivity contribution in [1.29, 1.82) is 0 Å². The van der Waals surface area contributed by atoms with E-state index >= 15 is 0 Å². The highest BCUT2D eigenvalue weighted by molar-refractivity contribution is 6.03. The molecule has 4 rings (SSSR count). The summed E-state index contributed by atoms with van der Waals surface area (Å²) in [7, 11) is 10.8. The highest BCUT2D eigenvalue weighted by atomic mass is 16.5. The number of carbonyl (C=O) groups is 2. The highest BCUT2D eigenvalue weighted by Crippen LogP contribution is 2.38. The van der Waals surface area contributed by atoms with Gasteiger partial charge in [0.1, 0.15) is 11.3 Å². The lowest BCUT2D eigenvalue weighted by Crippen LogP contribution is -2.29. The van der Waals surface area contributed by atoms with Crippen LogP contribution in [0.15, 0.2) is 61.4 Å². The Bertz CT molecular complexity index is 1600. The van der Waals surface area contributed by atoms with Gasteiger partial charge in [-0.2, -0.15) is 0 Å². The number of methoxy groups -OCH3 is 2. The zero-order valence-electron chi connectivity index (χ0n) is 24.2. The van der Waals surface area contributed by atoms with Gasteiger partial charge >= 0.3 is 5.97 Å². The number of esters is 1. The minimum Gasteiger partial charge on any atom is -0.494 e. The Labute approximate surface area is 239 Å². The monoisotopic (exact) mass is 557 g/mol. The number of nitrogens with one attached hydrogen (secondary N) is 2. The van der Waals surface area contributed by atoms with E-state index in [2.05, 4.69) is 27.1 Å². The average Bonchev–Trinajstić information content (AvgIpc) is 3.31. The van der Waals surface area contributed by atoms with Crippen molar-refractivity contribution in [1.82, 2.24) is 19.4 Å². The molecule has 1 amide bonds. The zero-order valence-corrected chi connectivity index (χ0v) is 24.2. The van der Waals surface area contributed by atoms with Crippen LogP contribution in [-0.4, -0.2) is 79.8 Å². The maximum Gasteiger partial charge on any atom is 0.341 e. The van der Waals surface area contributed by atoms with Gasteiger partial charge in [0.25, 0.3) is 0 Å². The number of hydrogen-bond acceptors (Lipinski definition) is 9. The van der Waals surface area contributed by atoms with Crippen LogP contribution in [0.2, 0.25) is 0 Å². The molecule has 0 aliphatic rings. The third-order valence-electron chi connectivity index (χ3n) is 6.65. The molecule has 11 nitrogen and oxygen atoms in total. The maximum absolute atomic E-state index is 12.7. The Balaban J connectivity index is 1.81. The van der Waals surface area contributed by atoms with E-state index in [9.17, 15) is 9.59 Å². The van der Waals surface area contributed by atoms with Gasteiger partial charge in [-0.1, -0.05) is 24.8 Å². The largest absolute Gasteiger partial charge is 0.494 e. The smallest absolute Gasteiger partial charge is 0.341 e. The number of ether oxygens (including phenoxy) is 2. The zero-order chi connectivity index (χ0) is 29.7. The molecule has 0 unspecified atom stereocenters. The number of anilines is 4. The second kappa shape index (κ2) is 12.5. The molecule has 0 aliphatic carbocycles. The summed E-state index contributed by atoms with van der Waals surface area (Å²) in [5.41, 5.74) is 4.25. The van der Waals surface area contributed by atoms with Crippen molar-refractivity contribution in [3.63, 3.8) is 0 Å². The number of para-hydroxylation sites is 1. The molecule has 0 spiro atoms. The molecule has 0 saturated heterocycles. The predicted octanol–water partition coefficient (Wildman–Crippen LogP) is 4.30. The topological polar surface area (TPSA) is 114 Å². The summed E-state index contributed by atoms with van der Waals surface area (Å²) >= 11 is 0. The Morgan fingerprint density at radius 1 is 1.10 bits per heavy atom. The molecule has 2 heterocycles. The maximum atomic E-state index is 12.7. The summed E-state index contributed by atoms with van der Waals surface area (Å²) in [4.78, 5) is 38.3. The molecule has 0 fully saturated rings. The van der Waals surface area contributed by atoms with E-state index < -0.39 is 5.97 Å². The first-order valence-corrected chi connectivity index (χ1v) is 12.9. The van der Waals surface area contributed by atoms with Crippen LogP contribution < -0.4 is 20.3 Å². The number of aromatic nitrogens is 3. The highest BCUT2D eigenvalue weighted by Gasteiger charge is 2.22. The number of nitrogens with zero attached hydrogens (tertiary/aromatic N) is 5. The molecule has 0 aliphatic heterocycles. The summed E-state index contributed by atoms with van der Waals surface area (Å²) < 4.78 is 12.7. The number of carbonyl (C=O) groups excluding carboxylic acids is 2. The first-order valence-electron chi connectivity index (χ1n) is 12.9. The Hall–Kier alpha value is -4.90. The van der Waals surface area contributed by atoms with Gasteiger partial charge in [-0.3, -0.25) is 4.79 Å². The van der Waals surface area contributed by atoms with Crippen molar-refractivity contribution < 1.29 is 19.1 Å². The fraction of sp³-hybridized carbons (Fsp3) is 0.267. The van der Waals surface area contributed by atoms with Crippen molar-refractivity contribution in [2.24, 2.45) is 7.05 Å². The Kier molecular flexibility index (Phi) is 8.88. The van der Waals surface area contributed by atoms with Crippen LogP contribution in [0.4, 0.5) is 23.0 Å². The third-order valence-corrected chi connectivity index (χ3v) is 6.65. The molecular weight excluding hydrogens is 522 g/mol. The van der Waals surface area contributed by atoms with Gasteiger partial charge in [0.2, 0.25) is 11.9 Å². The number of rotatable bonds is 11. The molecule has 4 aromatic rings. The number of hydrogen-bond donors (Lipinski definition) is 2. The lowest BCUT2D eigenvalue weighted by Gasteiger charge is -2.26. The minimum absolute atomic E-state index is 0.230. The standard InChI is InChI=1S/C30H35N7O4/c1-8-27(38)32-22-15-23(26(40-6)16-25(22)36(4)14-13-35(2)3)33-30-31-17-20(29(39)41-7)28(34-30)21-18-37(5)24-12-10-9-11-19(21)24/h8-12,15-18H,1,13-14H2,2-7H3,(H,32,38)(H,31,33,34). The lowest BCUT2D eigenvalue weighted by molar-refractivity contribution is -0.111. The molecule has 2 N–H and O–H groups in total. The molecule has 0 atom stereocenters. The number of fused-ring (bicyclic) bond motifs is 1. The first-order chi connectivity index (χ1) is 19.7. The molecule has 2 aromatic carbocycles. The van der Waals surface area contributed by atoms with E-state index in [0.29, 0.717) is 29.4 Å². The second-order valence-corrected chi connectivity index (χ2v) is 9.73. The van der Waals surface area contributed by atoms with Gasteiger partial charge in [0.15, 0.2) is 0 Å². The van der Waals surface area contributed by atoms with Crippen LogP contribution in [0, 0.1) is 0 Å². The molecule has 0 bridgehead atoms. The lowest BCUT2D eigenvalue weighted by atomic mass is 10.1. The molecule has 2 aromatic heterocycles. The minimum atomic E-state index is -0.545.